The van der Waals surface area contributed by atoms with E-state index in [1.807, 2.05) is 18.2 Å². The molecule has 0 saturated carbocycles. The number of carbonyl (C=O) groups excluding carboxylic acids is 1. The molecule has 0 aromatic heterocycles. The number of rotatable bonds is 4. The Morgan fingerprint density at radius 3 is 2.83 bits per heavy atom. The van der Waals surface area contributed by atoms with E-state index in [4.69, 9.17) is 25.8 Å². The summed E-state index contributed by atoms with van der Waals surface area (Å²) in [5.74, 6) is 0.0878. The van der Waals surface area contributed by atoms with Crippen LogP contribution in [0.15, 0.2) is 35.0 Å². The van der Waals surface area contributed by atoms with Crippen molar-refractivity contribution in [2.75, 3.05) is 19.5 Å². The van der Waals surface area contributed by atoms with Gasteiger partial charge in [0.15, 0.2) is 5.03 Å². The largest absolute Gasteiger partial charge is 0.497 e. The van der Waals surface area contributed by atoms with Crippen molar-refractivity contribution in [1.29, 1.82) is 0 Å². The fourth-order valence-corrected chi connectivity index (χ4v) is 1.74. The average Bonchev–Trinajstić information content (AvgIpc) is 2.67. The number of halogens is 1. The van der Waals surface area contributed by atoms with Crippen LogP contribution in [0.2, 0.25) is 0 Å². The first kappa shape index (κ1) is 12.7. The van der Waals surface area contributed by atoms with Gasteiger partial charge in [-0.05, 0) is 12.1 Å². The molecule has 18 heavy (non-hydrogen) atoms. The molecule has 0 spiro atoms. The lowest BCUT2D eigenvalue weighted by Crippen LogP contribution is -2.18. The van der Waals surface area contributed by atoms with Crippen LogP contribution in [-0.2, 0) is 14.3 Å². The summed E-state index contributed by atoms with van der Waals surface area (Å²) in [4.78, 5) is 11.3. The van der Waals surface area contributed by atoms with Crippen LogP contribution in [0.4, 0.5) is 5.69 Å². The van der Waals surface area contributed by atoms with Crippen LogP contribution in [0, 0.1) is 0 Å². The number of hydrogen-bond donors (Lipinski definition) is 1. The SMILES string of the molecule is COc1cccc(NC2=C(Cl)C(=O)O[C@@H]2OC)c1. The molecular weight excluding hydrogens is 258 g/mol. The van der Waals surface area contributed by atoms with E-state index in [0.29, 0.717) is 11.4 Å². The number of anilines is 1. The van der Waals surface area contributed by atoms with Gasteiger partial charge in [-0.25, -0.2) is 4.79 Å². The topological polar surface area (TPSA) is 56.8 Å². The van der Waals surface area contributed by atoms with Crippen LogP contribution in [-0.4, -0.2) is 26.5 Å². The van der Waals surface area contributed by atoms with E-state index < -0.39 is 12.3 Å². The normalized spacial score (nSPS) is 18.8. The first-order valence-electron chi connectivity index (χ1n) is 5.20. The van der Waals surface area contributed by atoms with Gasteiger partial charge in [-0.3, -0.25) is 0 Å². The van der Waals surface area contributed by atoms with E-state index in [2.05, 4.69) is 5.32 Å². The van der Waals surface area contributed by atoms with E-state index in [0.717, 1.165) is 5.69 Å². The lowest BCUT2D eigenvalue weighted by Gasteiger charge is -2.14. The molecule has 5 nitrogen and oxygen atoms in total. The average molecular weight is 270 g/mol. The third-order valence-corrected chi connectivity index (χ3v) is 2.79. The lowest BCUT2D eigenvalue weighted by molar-refractivity contribution is -0.155. The summed E-state index contributed by atoms with van der Waals surface area (Å²) >= 11 is 5.86. The Kier molecular flexibility index (Phi) is 3.74. The van der Waals surface area contributed by atoms with Gasteiger partial charge in [0.2, 0.25) is 6.29 Å². The third kappa shape index (κ3) is 2.42. The molecule has 1 N–H and O–H groups in total. The second-order valence-corrected chi connectivity index (χ2v) is 3.94. The Labute approximate surface area is 109 Å². The van der Waals surface area contributed by atoms with E-state index in [1.165, 1.54) is 7.11 Å². The molecule has 1 aliphatic rings. The molecule has 0 fully saturated rings. The van der Waals surface area contributed by atoms with Gasteiger partial charge in [0.05, 0.1) is 7.11 Å². The minimum Gasteiger partial charge on any atom is -0.497 e. The summed E-state index contributed by atoms with van der Waals surface area (Å²) in [7, 11) is 3.01. The first-order valence-corrected chi connectivity index (χ1v) is 5.58. The maximum atomic E-state index is 11.3. The number of nitrogens with one attached hydrogen (secondary N) is 1. The van der Waals surface area contributed by atoms with Gasteiger partial charge >= 0.3 is 5.97 Å². The fraction of sp³-hybridized carbons (Fsp3) is 0.250. The second kappa shape index (κ2) is 5.29. The number of benzene rings is 1. The van der Waals surface area contributed by atoms with Gasteiger partial charge in [-0.1, -0.05) is 17.7 Å². The molecule has 2 rings (SSSR count). The summed E-state index contributed by atoms with van der Waals surface area (Å²) < 4.78 is 15.0. The number of esters is 1. The molecule has 1 heterocycles. The van der Waals surface area contributed by atoms with Crippen molar-refractivity contribution in [1.82, 2.24) is 0 Å². The Bertz CT molecular complexity index is 501. The summed E-state index contributed by atoms with van der Waals surface area (Å²) in [6, 6.07) is 7.21. The molecule has 1 aromatic rings. The smallest absolute Gasteiger partial charge is 0.354 e. The van der Waals surface area contributed by atoms with Crippen molar-refractivity contribution in [3.8, 4) is 5.75 Å². The van der Waals surface area contributed by atoms with Gasteiger partial charge in [0.25, 0.3) is 0 Å². The zero-order valence-electron chi connectivity index (χ0n) is 9.90. The predicted molar refractivity (Wildman–Crippen MR) is 66.4 cm³/mol. The summed E-state index contributed by atoms with van der Waals surface area (Å²) in [6.45, 7) is 0. The number of carbonyl (C=O) groups is 1. The molecular formula is C12H12ClNO4. The highest BCUT2D eigenvalue weighted by molar-refractivity contribution is 6.42. The van der Waals surface area contributed by atoms with Crippen molar-refractivity contribution in [2.24, 2.45) is 0 Å². The number of cyclic esters (lactones) is 1. The van der Waals surface area contributed by atoms with Gasteiger partial charge in [0, 0.05) is 18.9 Å². The second-order valence-electron chi connectivity index (χ2n) is 3.56. The molecule has 0 aliphatic carbocycles. The molecule has 0 unspecified atom stereocenters. The number of hydrogen-bond acceptors (Lipinski definition) is 5. The van der Waals surface area contributed by atoms with Gasteiger partial charge < -0.3 is 19.5 Å². The molecule has 0 radical (unpaired) electrons. The van der Waals surface area contributed by atoms with Crippen molar-refractivity contribution in [3.63, 3.8) is 0 Å². The third-order valence-electron chi connectivity index (χ3n) is 2.43. The Morgan fingerprint density at radius 2 is 2.17 bits per heavy atom. The van der Waals surface area contributed by atoms with Gasteiger partial charge in [-0.2, -0.15) is 0 Å². The number of ether oxygens (including phenoxy) is 3. The summed E-state index contributed by atoms with van der Waals surface area (Å²) in [5.41, 5.74) is 1.11. The minimum atomic E-state index is -0.809. The first-order chi connectivity index (χ1) is 8.65. The van der Waals surface area contributed by atoms with Crippen LogP contribution in [0.1, 0.15) is 0 Å². The van der Waals surface area contributed by atoms with Crippen LogP contribution in [0.5, 0.6) is 5.75 Å². The van der Waals surface area contributed by atoms with Crippen LogP contribution in [0.25, 0.3) is 0 Å². The highest BCUT2D eigenvalue weighted by Gasteiger charge is 2.33. The molecule has 1 atom stereocenters. The monoisotopic (exact) mass is 269 g/mol. The zero-order chi connectivity index (χ0) is 13.1. The van der Waals surface area contributed by atoms with Crippen molar-refractivity contribution < 1.29 is 19.0 Å². The van der Waals surface area contributed by atoms with E-state index in [9.17, 15) is 4.79 Å². The molecule has 1 aliphatic heterocycles. The van der Waals surface area contributed by atoms with E-state index >= 15 is 0 Å². The Hall–Kier alpha value is -1.72. The number of methoxy groups -OCH3 is 2. The van der Waals surface area contributed by atoms with E-state index in [-0.39, 0.29) is 5.03 Å². The molecule has 0 bridgehead atoms. The van der Waals surface area contributed by atoms with Crippen LogP contribution >= 0.6 is 11.6 Å². The Balaban J connectivity index is 2.24. The molecule has 6 heteroatoms. The van der Waals surface area contributed by atoms with Crippen molar-refractivity contribution in [2.45, 2.75) is 6.29 Å². The van der Waals surface area contributed by atoms with Gasteiger partial charge in [0.1, 0.15) is 11.4 Å². The van der Waals surface area contributed by atoms with E-state index in [1.54, 1.807) is 13.2 Å². The van der Waals surface area contributed by atoms with Crippen LogP contribution in [0.3, 0.4) is 0 Å². The zero-order valence-corrected chi connectivity index (χ0v) is 10.7. The molecule has 0 amide bonds. The maximum absolute atomic E-state index is 11.3. The maximum Gasteiger partial charge on any atom is 0.354 e. The van der Waals surface area contributed by atoms with Crippen molar-refractivity contribution in [3.05, 3.63) is 35.0 Å². The highest BCUT2D eigenvalue weighted by atomic mass is 35.5. The quantitative estimate of drug-likeness (QED) is 0.848. The predicted octanol–water partition coefficient (Wildman–Crippen LogP) is 2.09. The molecule has 1 aromatic carbocycles. The minimum absolute atomic E-state index is 0.00956. The summed E-state index contributed by atoms with van der Waals surface area (Å²) in [6.07, 6.45) is -0.809. The molecule has 96 valence electrons. The highest BCUT2D eigenvalue weighted by Crippen LogP contribution is 2.28. The van der Waals surface area contributed by atoms with Gasteiger partial charge in [-0.15, -0.1) is 0 Å². The van der Waals surface area contributed by atoms with Crippen molar-refractivity contribution >= 4 is 23.3 Å². The standard InChI is InChI=1S/C12H12ClNO4/c1-16-8-5-3-4-7(6-8)14-10-9(13)11(15)18-12(10)17-2/h3-6,12,14H,1-2H3/t12-/m0/s1. The fourth-order valence-electron chi connectivity index (χ4n) is 1.56. The molecule has 0 saturated heterocycles. The van der Waals surface area contributed by atoms with Crippen LogP contribution < -0.4 is 10.1 Å². The summed E-state index contributed by atoms with van der Waals surface area (Å²) in [5, 5.41) is 2.98. The Morgan fingerprint density at radius 1 is 1.39 bits per heavy atom. The lowest BCUT2D eigenvalue weighted by atomic mass is 10.3.